The van der Waals surface area contributed by atoms with E-state index in [0.29, 0.717) is 0 Å². The molecule has 0 amide bonds. The van der Waals surface area contributed by atoms with Gasteiger partial charge in [0, 0.05) is 6.54 Å². The molecule has 1 radical (unpaired) electrons. The zero-order chi connectivity index (χ0) is 13.3. The van der Waals surface area contributed by atoms with Crippen molar-refractivity contribution < 1.29 is 4.74 Å². The maximum absolute atomic E-state index is 5.79. The average Bonchev–Trinajstić information content (AvgIpc) is 2.47. The third-order valence-electron chi connectivity index (χ3n) is 3.70. The molecule has 0 atom stereocenters. The van der Waals surface area contributed by atoms with Crippen molar-refractivity contribution >= 4 is 0 Å². The fraction of sp³-hybridized carbons (Fsp3) is 0.588. The van der Waals surface area contributed by atoms with Gasteiger partial charge in [-0.3, -0.25) is 0 Å². The van der Waals surface area contributed by atoms with Crippen molar-refractivity contribution in [2.75, 3.05) is 26.2 Å². The zero-order valence-corrected chi connectivity index (χ0v) is 12.1. The second kappa shape index (κ2) is 8.21. The van der Waals surface area contributed by atoms with Crippen molar-refractivity contribution in [3.05, 3.63) is 36.2 Å². The summed E-state index contributed by atoms with van der Waals surface area (Å²) in [6.07, 6.45) is 8.50. The Labute approximate surface area is 117 Å². The summed E-state index contributed by atoms with van der Waals surface area (Å²) in [4.78, 5) is 2.56. The fourth-order valence-corrected chi connectivity index (χ4v) is 2.62. The molecule has 0 aliphatic carbocycles. The molecule has 1 aliphatic rings. The minimum absolute atomic E-state index is 0.829. The lowest BCUT2D eigenvalue weighted by Crippen LogP contribution is -2.31. The molecule has 105 valence electrons. The quantitative estimate of drug-likeness (QED) is 0.693. The lowest BCUT2D eigenvalue weighted by atomic mass is 10.1. The van der Waals surface area contributed by atoms with E-state index in [4.69, 9.17) is 4.74 Å². The van der Waals surface area contributed by atoms with Gasteiger partial charge in [0.25, 0.3) is 0 Å². The first-order valence-corrected chi connectivity index (χ1v) is 7.60. The second-order valence-electron chi connectivity index (χ2n) is 5.36. The van der Waals surface area contributed by atoms with Gasteiger partial charge in [0.05, 0.1) is 6.61 Å². The topological polar surface area (TPSA) is 12.5 Å². The highest BCUT2D eigenvalue weighted by molar-refractivity contribution is 5.27. The second-order valence-corrected chi connectivity index (χ2v) is 5.36. The SMILES string of the molecule is C[CH]Cc1ccc(OCCCN2CCCCC2)cc1. The summed E-state index contributed by atoms with van der Waals surface area (Å²) in [7, 11) is 0. The average molecular weight is 260 g/mol. The molecule has 1 aliphatic heterocycles. The van der Waals surface area contributed by atoms with Gasteiger partial charge in [0.15, 0.2) is 0 Å². The van der Waals surface area contributed by atoms with Crippen molar-refractivity contribution in [2.45, 2.75) is 39.0 Å². The van der Waals surface area contributed by atoms with Crippen LogP contribution in [0.15, 0.2) is 24.3 Å². The van der Waals surface area contributed by atoms with E-state index >= 15 is 0 Å². The lowest BCUT2D eigenvalue weighted by molar-refractivity contribution is 0.205. The van der Waals surface area contributed by atoms with E-state index in [-0.39, 0.29) is 0 Å². The van der Waals surface area contributed by atoms with E-state index in [1.54, 1.807) is 0 Å². The predicted octanol–water partition coefficient (Wildman–Crippen LogP) is 3.71. The summed E-state index contributed by atoms with van der Waals surface area (Å²) in [6.45, 7) is 6.66. The zero-order valence-electron chi connectivity index (χ0n) is 12.1. The Balaban J connectivity index is 1.62. The number of rotatable bonds is 7. The van der Waals surface area contributed by atoms with E-state index in [0.717, 1.165) is 25.2 Å². The van der Waals surface area contributed by atoms with Gasteiger partial charge >= 0.3 is 0 Å². The van der Waals surface area contributed by atoms with Crippen LogP contribution in [-0.4, -0.2) is 31.1 Å². The van der Waals surface area contributed by atoms with E-state index in [9.17, 15) is 0 Å². The van der Waals surface area contributed by atoms with Crippen molar-refractivity contribution in [3.63, 3.8) is 0 Å². The fourth-order valence-electron chi connectivity index (χ4n) is 2.62. The van der Waals surface area contributed by atoms with Gasteiger partial charge in [-0.05, 0) is 62.9 Å². The summed E-state index contributed by atoms with van der Waals surface area (Å²) < 4.78 is 5.79. The summed E-state index contributed by atoms with van der Waals surface area (Å²) in [5.74, 6) is 0.999. The van der Waals surface area contributed by atoms with Gasteiger partial charge in [-0.25, -0.2) is 0 Å². The Hall–Kier alpha value is -1.02. The van der Waals surface area contributed by atoms with Gasteiger partial charge in [0.1, 0.15) is 5.75 Å². The molecular formula is C17H26NO. The Bertz CT molecular complexity index is 341. The van der Waals surface area contributed by atoms with Gasteiger partial charge in [-0.1, -0.05) is 25.5 Å². The number of nitrogens with zero attached hydrogens (tertiary/aromatic N) is 1. The molecule has 0 spiro atoms. The first kappa shape index (κ1) is 14.4. The minimum Gasteiger partial charge on any atom is -0.494 e. The molecule has 2 rings (SSSR count). The van der Waals surface area contributed by atoms with Crippen LogP contribution in [0.25, 0.3) is 0 Å². The monoisotopic (exact) mass is 260 g/mol. The molecule has 0 aromatic heterocycles. The highest BCUT2D eigenvalue weighted by Gasteiger charge is 2.08. The van der Waals surface area contributed by atoms with Crippen LogP contribution in [0.3, 0.4) is 0 Å². The Morgan fingerprint density at radius 2 is 1.84 bits per heavy atom. The first-order chi connectivity index (χ1) is 9.38. The first-order valence-electron chi connectivity index (χ1n) is 7.60. The number of likely N-dealkylation sites (tertiary alicyclic amines) is 1. The maximum atomic E-state index is 5.79. The standard InChI is InChI=1S/C17H26NO/c1-2-7-16-8-10-17(11-9-16)19-15-6-14-18-12-4-3-5-13-18/h2,8-11H,3-7,12-15H2,1H3. The minimum atomic E-state index is 0.829. The van der Waals surface area contributed by atoms with E-state index in [2.05, 4.69) is 42.5 Å². The molecule has 0 unspecified atom stereocenters. The molecular weight excluding hydrogens is 234 g/mol. The third kappa shape index (κ3) is 5.23. The molecule has 1 aromatic rings. The number of hydrogen-bond acceptors (Lipinski definition) is 2. The Kier molecular flexibility index (Phi) is 6.22. The smallest absolute Gasteiger partial charge is 0.119 e. The van der Waals surface area contributed by atoms with Crippen LogP contribution in [0.5, 0.6) is 5.75 Å². The van der Waals surface area contributed by atoms with Crippen molar-refractivity contribution in [2.24, 2.45) is 0 Å². The van der Waals surface area contributed by atoms with Crippen molar-refractivity contribution in [3.8, 4) is 5.75 Å². The van der Waals surface area contributed by atoms with Gasteiger partial charge in [0.2, 0.25) is 0 Å². The number of piperidine rings is 1. The van der Waals surface area contributed by atoms with Crippen LogP contribution >= 0.6 is 0 Å². The molecule has 0 bridgehead atoms. The van der Waals surface area contributed by atoms with Gasteiger partial charge in [-0.15, -0.1) is 0 Å². The van der Waals surface area contributed by atoms with Crippen LogP contribution in [0.4, 0.5) is 0 Å². The summed E-state index contributed by atoms with van der Waals surface area (Å²) in [6, 6.07) is 8.47. The van der Waals surface area contributed by atoms with Crippen LogP contribution in [0.2, 0.25) is 0 Å². The molecule has 1 fully saturated rings. The molecule has 1 heterocycles. The van der Waals surface area contributed by atoms with Crippen molar-refractivity contribution in [1.82, 2.24) is 4.90 Å². The molecule has 19 heavy (non-hydrogen) atoms. The van der Waals surface area contributed by atoms with E-state index in [1.165, 1.54) is 44.5 Å². The van der Waals surface area contributed by atoms with Gasteiger partial charge < -0.3 is 9.64 Å². The van der Waals surface area contributed by atoms with Crippen molar-refractivity contribution in [1.29, 1.82) is 0 Å². The van der Waals surface area contributed by atoms with Gasteiger partial charge in [-0.2, -0.15) is 0 Å². The molecule has 1 saturated heterocycles. The van der Waals surface area contributed by atoms with Crippen LogP contribution in [0, 0.1) is 6.42 Å². The van der Waals surface area contributed by atoms with E-state index in [1.807, 2.05) is 0 Å². The summed E-state index contributed by atoms with van der Waals surface area (Å²) >= 11 is 0. The molecule has 0 saturated carbocycles. The van der Waals surface area contributed by atoms with Crippen LogP contribution < -0.4 is 4.74 Å². The highest BCUT2D eigenvalue weighted by Crippen LogP contribution is 2.14. The molecule has 2 nitrogen and oxygen atoms in total. The number of hydrogen-bond donors (Lipinski definition) is 0. The molecule has 0 N–H and O–H groups in total. The lowest BCUT2D eigenvalue weighted by Gasteiger charge is -2.26. The van der Waals surface area contributed by atoms with Crippen LogP contribution in [0.1, 0.15) is 38.2 Å². The highest BCUT2D eigenvalue weighted by atomic mass is 16.5. The maximum Gasteiger partial charge on any atom is 0.119 e. The number of benzene rings is 1. The molecule has 2 heteroatoms. The number of ether oxygens (including phenoxy) is 1. The normalized spacial score (nSPS) is 16.5. The largest absolute Gasteiger partial charge is 0.494 e. The van der Waals surface area contributed by atoms with Crippen LogP contribution in [-0.2, 0) is 6.42 Å². The summed E-state index contributed by atoms with van der Waals surface area (Å²) in [5.41, 5.74) is 1.35. The third-order valence-corrected chi connectivity index (χ3v) is 3.70. The Morgan fingerprint density at radius 3 is 2.53 bits per heavy atom. The predicted molar refractivity (Wildman–Crippen MR) is 80.5 cm³/mol. The van der Waals surface area contributed by atoms with E-state index < -0.39 is 0 Å². The molecule has 1 aromatic carbocycles. The Morgan fingerprint density at radius 1 is 1.11 bits per heavy atom. The summed E-state index contributed by atoms with van der Waals surface area (Å²) in [5, 5.41) is 0.